The second-order valence-electron chi connectivity index (χ2n) is 4.19. The third kappa shape index (κ3) is 3.34. The topological polar surface area (TPSA) is 60.2 Å². The molecule has 0 saturated heterocycles. The predicted molar refractivity (Wildman–Crippen MR) is 74.1 cm³/mol. The fourth-order valence-corrected chi connectivity index (χ4v) is 1.57. The number of rotatable bonds is 5. The molecule has 0 bridgehead atoms. The molecular weight excluding hydrogens is 264 g/mol. The predicted octanol–water partition coefficient (Wildman–Crippen LogP) is 3.47. The molecule has 0 amide bonds. The van der Waals surface area contributed by atoms with E-state index in [0.717, 1.165) is 24.6 Å². The molecule has 2 aromatic rings. The van der Waals surface area contributed by atoms with Gasteiger partial charge in [-0.05, 0) is 30.7 Å². The van der Waals surface area contributed by atoms with Crippen molar-refractivity contribution in [1.29, 1.82) is 0 Å². The Kier molecular flexibility index (Phi) is 4.34. The van der Waals surface area contributed by atoms with Crippen LogP contribution in [0.4, 0.5) is 26.0 Å². The van der Waals surface area contributed by atoms with Crippen LogP contribution in [0.1, 0.15) is 13.3 Å². The Labute approximate surface area is 115 Å². The third-order valence-corrected chi connectivity index (χ3v) is 2.52. The minimum atomic E-state index is -0.568. The quantitative estimate of drug-likeness (QED) is 0.879. The van der Waals surface area contributed by atoms with E-state index in [4.69, 9.17) is 10.5 Å². The van der Waals surface area contributed by atoms with E-state index in [1.54, 1.807) is 12.1 Å². The van der Waals surface area contributed by atoms with Crippen molar-refractivity contribution in [2.45, 2.75) is 13.3 Å². The fraction of sp³-hybridized carbons (Fsp3) is 0.214. The molecule has 0 saturated carbocycles. The van der Waals surface area contributed by atoms with Gasteiger partial charge >= 0.3 is 0 Å². The number of halogens is 2. The molecule has 1 aromatic carbocycles. The van der Waals surface area contributed by atoms with Gasteiger partial charge in [-0.25, -0.2) is 8.78 Å². The molecule has 0 spiro atoms. The Morgan fingerprint density at radius 2 is 2.05 bits per heavy atom. The molecule has 0 fully saturated rings. The Bertz CT molecular complexity index is 605. The van der Waals surface area contributed by atoms with Gasteiger partial charge in [-0.1, -0.05) is 6.92 Å². The van der Waals surface area contributed by atoms with Gasteiger partial charge in [-0.2, -0.15) is 4.98 Å². The molecule has 0 aliphatic rings. The van der Waals surface area contributed by atoms with Crippen LogP contribution >= 0.6 is 0 Å². The van der Waals surface area contributed by atoms with Gasteiger partial charge in [0.15, 0.2) is 0 Å². The van der Waals surface area contributed by atoms with Gasteiger partial charge in [0.05, 0.1) is 18.0 Å². The Morgan fingerprint density at radius 3 is 2.80 bits per heavy atom. The van der Waals surface area contributed by atoms with Crippen molar-refractivity contribution in [3.8, 4) is 5.88 Å². The van der Waals surface area contributed by atoms with Crippen molar-refractivity contribution in [2.24, 2.45) is 0 Å². The summed E-state index contributed by atoms with van der Waals surface area (Å²) in [5.74, 6) is -0.503. The van der Waals surface area contributed by atoms with Crippen molar-refractivity contribution >= 4 is 17.2 Å². The average molecular weight is 279 g/mol. The van der Waals surface area contributed by atoms with Gasteiger partial charge < -0.3 is 15.8 Å². The highest BCUT2D eigenvalue weighted by Crippen LogP contribution is 2.25. The minimum Gasteiger partial charge on any atom is -0.476 e. The molecule has 6 heteroatoms. The average Bonchev–Trinajstić information content (AvgIpc) is 2.43. The van der Waals surface area contributed by atoms with Crippen LogP contribution in [0.2, 0.25) is 0 Å². The second-order valence-corrected chi connectivity index (χ2v) is 4.19. The Hall–Kier alpha value is -2.37. The summed E-state index contributed by atoms with van der Waals surface area (Å²) in [5.41, 5.74) is 6.12. The van der Waals surface area contributed by atoms with E-state index in [1.165, 1.54) is 0 Å². The number of anilines is 3. The lowest BCUT2D eigenvalue weighted by Crippen LogP contribution is -2.04. The Morgan fingerprint density at radius 1 is 1.25 bits per heavy atom. The Balaban J connectivity index is 2.22. The molecule has 2 rings (SSSR count). The fourth-order valence-electron chi connectivity index (χ4n) is 1.57. The number of benzene rings is 1. The summed E-state index contributed by atoms with van der Waals surface area (Å²) >= 11 is 0. The van der Waals surface area contributed by atoms with Gasteiger partial charge in [0, 0.05) is 6.07 Å². The summed E-state index contributed by atoms with van der Waals surface area (Å²) in [6, 6.07) is 6.31. The number of nitrogens with zero attached hydrogens (tertiary/aromatic N) is 1. The first-order valence-corrected chi connectivity index (χ1v) is 6.21. The van der Waals surface area contributed by atoms with Crippen LogP contribution in [-0.4, -0.2) is 11.6 Å². The molecule has 0 aliphatic carbocycles. The molecule has 3 N–H and O–H groups in total. The molecule has 0 radical (unpaired) electrons. The van der Waals surface area contributed by atoms with Gasteiger partial charge in [0.2, 0.25) is 5.88 Å². The highest BCUT2D eigenvalue weighted by molar-refractivity contribution is 5.61. The largest absolute Gasteiger partial charge is 0.476 e. The zero-order valence-corrected chi connectivity index (χ0v) is 11.0. The van der Waals surface area contributed by atoms with E-state index in [2.05, 4.69) is 10.3 Å². The first-order valence-electron chi connectivity index (χ1n) is 6.21. The lowest BCUT2D eigenvalue weighted by molar-refractivity contribution is 0.307. The summed E-state index contributed by atoms with van der Waals surface area (Å²) in [6.45, 7) is 2.44. The first kappa shape index (κ1) is 14.0. The lowest BCUT2D eigenvalue weighted by Gasteiger charge is -2.11. The first-order chi connectivity index (χ1) is 9.60. The van der Waals surface area contributed by atoms with E-state index >= 15 is 0 Å². The van der Waals surface area contributed by atoms with Crippen molar-refractivity contribution in [3.63, 3.8) is 0 Å². The van der Waals surface area contributed by atoms with Gasteiger partial charge in [0.1, 0.15) is 17.5 Å². The van der Waals surface area contributed by atoms with Crippen LogP contribution < -0.4 is 15.8 Å². The normalized spacial score (nSPS) is 10.3. The van der Waals surface area contributed by atoms with Crippen LogP contribution in [0, 0.1) is 11.6 Å². The highest BCUT2D eigenvalue weighted by atomic mass is 19.1. The number of nitrogens with two attached hydrogens (primary N) is 1. The van der Waals surface area contributed by atoms with Crippen LogP contribution in [0.3, 0.4) is 0 Å². The maximum atomic E-state index is 13.5. The molecule has 1 aromatic heterocycles. The zero-order valence-electron chi connectivity index (χ0n) is 11.0. The molecule has 4 nitrogen and oxygen atoms in total. The molecule has 20 heavy (non-hydrogen) atoms. The second kappa shape index (κ2) is 6.18. The van der Waals surface area contributed by atoms with E-state index in [1.807, 2.05) is 6.92 Å². The van der Waals surface area contributed by atoms with Crippen LogP contribution in [-0.2, 0) is 0 Å². The monoisotopic (exact) mass is 279 g/mol. The summed E-state index contributed by atoms with van der Waals surface area (Å²) in [6.07, 6.45) is 0.817. The van der Waals surface area contributed by atoms with Crippen molar-refractivity contribution in [1.82, 2.24) is 4.98 Å². The van der Waals surface area contributed by atoms with Gasteiger partial charge in [-0.15, -0.1) is 0 Å². The van der Waals surface area contributed by atoms with E-state index in [9.17, 15) is 8.78 Å². The number of pyridine rings is 1. The van der Waals surface area contributed by atoms with Crippen LogP contribution in [0.5, 0.6) is 5.88 Å². The standard InChI is InChI=1S/C14H15F2N3O/c1-2-7-20-14-11(17)5-6-13(19-14)18-12-8-9(15)3-4-10(12)16/h3-6,8H,2,7,17H2,1H3,(H,18,19). The van der Waals surface area contributed by atoms with Crippen molar-refractivity contribution in [2.75, 3.05) is 17.7 Å². The highest BCUT2D eigenvalue weighted by Gasteiger charge is 2.08. The number of nitrogens with one attached hydrogen (secondary N) is 1. The van der Waals surface area contributed by atoms with Crippen molar-refractivity contribution < 1.29 is 13.5 Å². The molecule has 0 aliphatic heterocycles. The van der Waals surface area contributed by atoms with Crippen LogP contribution in [0.15, 0.2) is 30.3 Å². The summed E-state index contributed by atoms with van der Waals surface area (Å²) in [5, 5.41) is 2.70. The van der Waals surface area contributed by atoms with Crippen LogP contribution in [0.25, 0.3) is 0 Å². The van der Waals surface area contributed by atoms with Gasteiger partial charge in [0.25, 0.3) is 0 Å². The smallest absolute Gasteiger partial charge is 0.239 e. The molecule has 106 valence electrons. The number of ether oxygens (including phenoxy) is 1. The maximum Gasteiger partial charge on any atom is 0.239 e. The minimum absolute atomic E-state index is 0.00344. The number of hydrogen-bond donors (Lipinski definition) is 2. The third-order valence-electron chi connectivity index (χ3n) is 2.52. The summed E-state index contributed by atoms with van der Waals surface area (Å²) in [7, 11) is 0. The number of nitrogen functional groups attached to an aromatic ring is 1. The molecule has 0 unspecified atom stereocenters. The van der Waals surface area contributed by atoms with E-state index < -0.39 is 11.6 Å². The molecular formula is C14H15F2N3O. The number of aromatic nitrogens is 1. The van der Waals surface area contributed by atoms with Crippen molar-refractivity contribution in [3.05, 3.63) is 42.0 Å². The molecule has 1 heterocycles. The summed E-state index contributed by atoms with van der Waals surface area (Å²) in [4.78, 5) is 4.13. The maximum absolute atomic E-state index is 13.5. The SMILES string of the molecule is CCCOc1nc(Nc2cc(F)ccc2F)ccc1N. The summed E-state index contributed by atoms with van der Waals surface area (Å²) < 4.78 is 32.0. The lowest BCUT2D eigenvalue weighted by atomic mass is 10.3. The zero-order chi connectivity index (χ0) is 14.5. The van der Waals surface area contributed by atoms with E-state index in [0.29, 0.717) is 18.1 Å². The van der Waals surface area contributed by atoms with E-state index in [-0.39, 0.29) is 11.6 Å². The number of hydrogen-bond acceptors (Lipinski definition) is 4. The molecule has 0 atom stereocenters. The van der Waals surface area contributed by atoms with Gasteiger partial charge in [-0.3, -0.25) is 0 Å².